The number of carbonyl (C=O) groups is 1. The highest BCUT2D eigenvalue weighted by atomic mass is 16.3. The van der Waals surface area contributed by atoms with E-state index in [0.29, 0.717) is 6.42 Å². The summed E-state index contributed by atoms with van der Waals surface area (Å²) in [5.41, 5.74) is 2.52. The molecule has 1 aromatic carbocycles. The quantitative estimate of drug-likeness (QED) is 0.815. The molecule has 0 spiro atoms. The van der Waals surface area contributed by atoms with Crippen LogP contribution in [0.5, 0.6) is 0 Å². The molecular weight excluding hydrogens is 300 g/mol. The van der Waals surface area contributed by atoms with Gasteiger partial charge < -0.3 is 9.32 Å². The molecule has 4 nitrogen and oxygen atoms in total. The van der Waals surface area contributed by atoms with Crippen molar-refractivity contribution in [1.82, 2.24) is 9.80 Å². The fourth-order valence-corrected chi connectivity index (χ4v) is 3.46. The average molecular weight is 326 g/mol. The number of furan rings is 1. The lowest BCUT2D eigenvalue weighted by Crippen LogP contribution is -2.34. The first-order chi connectivity index (χ1) is 11.5. The van der Waals surface area contributed by atoms with E-state index in [9.17, 15) is 4.79 Å². The second-order valence-electron chi connectivity index (χ2n) is 6.95. The molecule has 0 aliphatic carbocycles. The number of ketones is 1. The van der Waals surface area contributed by atoms with Crippen molar-refractivity contribution < 1.29 is 9.21 Å². The second kappa shape index (κ2) is 7.32. The minimum atomic E-state index is 0.124. The molecule has 1 aliphatic rings. The topological polar surface area (TPSA) is 36.7 Å². The van der Waals surface area contributed by atoms with Crippen molar-refractivity contribution in [2.75, 3.05) is 20.6 Å². The maximum Gasteiger partial charge on any atom is 0.131 e. The van der Waals surface area contributed by atoms with Gasteiger partial charge >= 0.3 is 0 Å². The van der Waals surface area contributed by atoms with E-state index in [-0.39, 0.29) is 11.8 Å². The Morgan fingerprint density at radius 2 is 2.04 bits per heavy atom. The zero-order valence-electron chi connectivity index (χ0n) is 14.8. The van der Waals surface area contributed by atoms with Crippen molar-refractivity contribution in [2.45, 2.75) is 38.9 Å². The molecule has 2 aromatic rings. The zero-order chi connectivity index (χ0) is 17.1. The zero-order valence-corrected chi connectivity index (χ0v) is 14.8. The Balaban J connectivity index is 1.80. The summed E-state index contributed by atoms with van der Waals surface area (Å²) >= 11 is 0. The summed E-state index contributed by atoms with van der Waals surface area (Å²) < 4.78 is 6.07. The highest BCUT2D eigenvalue weighted by molar-refractivity contribution is 5.76. The first-order valence-electron chi connectivity index (χ1n) is 8.56. The van der Waals surface area contributed by atoms with Gasteiger partial charge in [-0.3, -0.25) is 9.69 Å². The van der Waals surface area contributed by atoms with Gasteiger partial charge in [0.2, 0.25) is 0 Å². The Labute approximate surface area is 144 Å². The van der Waals surface area contributed by atoms with E-state index in [1.165, 1.54) is 11.1 Å². The Morgan fingerprint density at radius 1 is 1.29 bits per heavy atom. The number of Topliss-reactive ketones (excluding diaryl/α,β-unsaturated/α-hetero) is 1. The largest absolute Gasteiger partial charge is 0.463 e. The van der Waals surface area contributed by atoms with Gasteiger partial charge in [-0.2, -0.15) is 0 Å². The summed E-state index contributed by atoms with van der Waals surface area (Å²) in [6.45, 7) is 4.23. The molecule has 0 saturated carbocycles. The minimum Gasteiger partial charge on any atom is -0.463 e. The molecule has 0 radical (unpaired) electrons. The van der Waals surface area contributed by atoms with Gasteiger partial charge in [-0.05, 0) is 44.6 Å². The van der Waals surface area contributed by atoms with Crippen LogP contribution in [0.15, 0.2) is 40.8 Å². The van der Waals surface area contributed by atoms with Gasteiger partial charge in [-0.15, -0.1) is 0 Å². The van der Waals surface area contributed by atoms with Crippen molar-refractivity contribution in [3.8, 4) is 0 Å². The number of nitrogens with zero attached hydrogens (tertiary/aromatic N) is 2. The molecular formula is C20H26N2O2. The van der Waals surface area contributed by atoms with Gasteiger partial charge in [0.1, 0.15) is 17.3 Å². The fourth-order valence-electron chi connectivity index (χ4n) is 3.46. The van der Waals surface area contributed by atoms with Crippen LogP contribution >= 0.6 is 0 Å². The van der Waals surface area contributed by atoms with E-state index in [1.54, 1.807) is 6.92 Å². The van der Waals surface area contributed by atoms with E-state index >= 15 is 0 Å². The number of hydrogen-bond donors (Lipinski definition) is 0. The lowest BCUT2D eigenvalue weighted by Gasteiger charge is -2.33. The molecule has 0 saturated heterocycles. The standard InChI is InChI=1S/C20H26N2O2/c1-15(23)11-19(16-7-5-4-6-8-16)22-10-9-17-12-18(13-21(2)3)24-20(17)14-22/h4-8,12,19H,9-11,13-14H2,1-3H3. The summed E-state index contributed by atoms with van der Waals surface area (Å²) in [6, 6.07) is 12.6. The van der Waals surface area contributed by atoms with Crippen LogP contribution < -0.4 is 0 Å². The Kier molecular flexibility index (Phi) is 5.17. The third-order valence-corrected chi connectivity index (χ3v) is 4.54. The molecule has 4 heteroatoms. The predicted molar refractivity (Wildman–Crippen MR) is 94.7 cm³/mol. The van der Waals surface area contributed by atoms with Crippen LogP contribution in [0.25, 0.3) is 0 Å². The number of rotatable bonds is 6. The molecule has 0 N–H and O–H groups in total. The van der Waals surface area contributed by atoms with Crippen molar-refractivity contribution >= 4 is 5.78 Å². The smallest absolute Gasteiger partial charge is 0.131 e. The normalized spacial score (nSPS) is 16.2. The van der Waals surface area contributed by atoms with Crippen LogP contribution in [0, 0.1) is 0 Å². The third-order valence-electron chi connectivity index (χ3n) is 4.54. The molecule has 128 valence electrons. The summed E-state index contributed by atoms with van der Waals surface area (Å²) in [4.78, 5) is 16.3. The van der Waals surface area contributed by atoms with Gasteiger partial charge in [0.25, 0.3) is 0 Å². The van der Waals surface area contributed by atoms with Crippen LogP contribution in [0.1, 0.15) is 42.0 Å². The van der Waals surface area contributed by atoms with Crippen LogP contribution in [0.2, 0.25) is 0 Å². The van der Waals surface area contributed by atoms with Gasteiger partial charge in [-0.1, -0.05) is 30.3 Å². The second-order valence-corrected chi connectivity index (χ2v) is 6.95. The van der Waals surface area contributed by atoms with E-state index < -0.39 is 0 Å². The van der Waals surface area contributed by atoms with Gasteiger partial charge in [-0.25, -0.2) is 0 Å². The van der Waals surface area contributed by atoms with Crippen molar-refractivity contribution in [3.05, 3.63) is 59.0 Å². The molecule has 1 unspecified atom stereocenters. The maximum atomic E-state index is 11.8. The molecule has 2 heterocycles. The molecule has 1 aromatic heterocycles. The summed E-state index contributed by atoms with van der Waals surface area (Å²) in [5, 5.41) is 0. The summed E-state index contributed by atoms with van der Waals surface area (Å²) in [5.74, 6) is 2.31. The summed E-state index contributed by atoms with van der Waals surface area (Å²) in [6.07, 6.45) is 1.53. The van der Waals surface area contributed by atoms with Crippen molar-refractivity contribution in [3.63, 3.8) is 0 Å². The summed E-state index contributed by atoms with van der Waals surface area (Å²) in [7, 11) is 4.10. The van der Waals surface area contributed by atoms with E-state index in [4.69, 9.17) is 4.42 Å². The Bertz CT molecular complexity index is 691. The first-order valence-corrected chi connectivity index (χ1v) is 8.56. The van der Waals surface area contributed by atoms with Crippen LogP contribution in [0.4, 0.5) is 0 Å². The first kappa shape index (κ1) is 16.9. The van der Waals surface area contributed by atoms with Crippen molar-refractivity contribution in [1.29, 1.82) is 0 Å². The molecule has 3 rings (SSSR count). The van der Waals surface area contributed by atoms with E-state index in [2.05, 4.69) is 28.0 Å². The highest BCUT2D eigenvalue weighted by Crippen LogP contribution is 2.32. The van der Waals surface area contributed by atoms with Gasteiger partial charge in [0.05, 0.1) is 13.1 Å². The minimum absolute atomic E-state index is 0.124. The number of fused-ring (bicyclic) bond motifs is 1. The molecule has 0 fully saturated rings. The average Bonchev–Trinajstić information content (AvgIpc) is 2.93. The van der Waals surface area contributed by atoms with E-state index in [0.717, 1.165) is 37.6 Å². The third kappa shape index (κ3) is 3.94. The fraction of sp³-hybridized carbons (Fsp3) is 0.450. The lowest BCUT2D eigenvalue weighted by molar-refractivity contribution is -0.118. The monoisotopic (exact) mass is 326 g/mol. The van der Waals surface area contributed by atoms with Crippen LogP contribution in [0.3, 0.4) is 0 Å². The Morgan fingerprint density at radius 3 is 2.71 bits per heavy atom. The lowest BCUT2D eigenvalue weighted by atomic mass is 9.97. The molecule has 1 atom stereocenters. The van der Waals surface area contributed by atoms with E-state index in [1.807, 2.05) is 32.3 Å². The molecule has 0 bridgehead atoms. The van der Waals surface area contributed by atoms with Crippen LogP contribution in [-0.2, 0) is 24.3 Å². The molecule has 1 aliphatic heterocycles. The predicted octanol–water partition coefficient (Wildman–Crippen LogP) is 3.42. The van der Waals surface area contributed by atoms with Crippen LogP contribution in [-0.4, -0.2) is 36.2 Å². The Hall–Kier alpha value is -1.91. The SMILES string of the molecule is CC(=O)CC(c1ccccc1)N1CCc2cc(CN(C)C)oc2C1. The highest BCUT2D eigenvalue weighted by Gasteiger charge is 2.28. The van der Waals surface area contributed by atoms with Crippen molar-refractivity contribution in [2.24, 2.45) is 0 Å². The number of carbonyl (C=O) groups excluding carboxylic acids is 1. The number of hydrogen-bond acceptors (Lipinski definition) is 4. The number of benzene rings is 1. The molecule has 0 amide bonds. The van der Waals surface area contributed by atoms with Gasteiger partial charge in [0.15, 0.2) is 0 Å². The maximum absolute atomic E-state index is 11.8. The van der Waals surface area contributed by atoms with Gasteiger partial charge in [0, 0.05) is 19.0 Å². The molecule has 24 heavy (non-hydrogen) atoms.